The number of aromatic nitrogens is 1. The summed E-state index contributed by atoms with van der Waals surface area (Å²) in [5.74, 6) is 1.56. The largest absolute Gasteiger partial charge is 0.394 e. The average Bonchev–Trinajstić information content (AvgIpc) is 3.13. The van der Waals surface area contributed by atoms with E-state index in [1.165, 1.54) is 9.89 Å². The van der Waals surface area contributed by atoms with Crippen LogP contribution in [0.15, 0.2) is 58.9 Å². The fourth-order valence-corrected chi connectivity index (χ4v) is 11.6. The lowest BCUT2D eigenvalue weighted by Gasteiger charge is -2.30. The van der Waals surface area contributed by atoms with E-state index in [1.54, 1.807) is 46.2 Å². The van der Waals surface area contributed by atoms with Crippen molar-refractivity contribution in [2.45, 2.75) is 17.3 Å². The van der Waals surface area contributed by atoms with E-state index in [-0.39, 0.29) is 0 Å². The number of rotatable bonds is 10. The molecule has 2 aromatic carbocycles. The maximum atomic E-state index is 5.94. The lowest BCUT2D eigenvalue weighted by molar-refractivity contribution is 0.252. The Hall–Kier alpha value is -0.483. The van der Waals surface area contributed by atoms with Crippen molar-refractivity contribution in [1.82, 2.24) is 4.98 Å². The maximum Gasteiger partial charge on any atom is 0.372 e. The Labute approximate surface area is 177 Å². The molecule has 0 aliphatic rings. The molecule has 1 unspecified atom stereocenters. The van der Waals surface area contributed by atoms with Crippen LogP contribution in [0.2, 0.25) is 6.04 Å². The van der Waals surface area contributed by atoms with Gasteiger partial charge in [-0.05, 0) is 49.9 Å². The van der Waals surface area contributed by atoms with Crippen LogP contribution in [0.3, 0.4) is 0 Å². The number of benzene rings is 2. The minimum Gasteiger partial charge on any atom is -0.394 e. The van der Waals surface area contributed by atoms with Crippen LogP contribution < -0.4 is 5.19 Å². The van der Waals surface area contributed by atoms with Crippen LogP contribution in [0.1, 0.15) is 6.92 Å². The van der Waals surface area contributed by atoms with Gasteiger partial charge in [-0.2, -0.15) is 0 Å². The quantitative estimate of drug-likeness (QED) is 0.214. The second kappa shape index (κ2) is 10.3. The van der Waals surface area contributed by atoms with Crippen LogP contribution in [0.5, 0.6) is 0 Å². The molecule has 0 N–H and O–H groups in total. The average molecular weight is 454 g/mol. The second-order valence-corrected chi connectivity index (χ2v) is 14.9. The van der Waals surface area contributed by atoms with E-state index in [4.69, 9.17) is 8.85 Å². The SMILES string of the molecule is CO[Si](CC(C)CSSSc1nc2ccccc2s1)(OC)c1ccccc1. The molecule has 0 radical (unpaired) electrons. The summed E-state index contributed by atoms with van der Waals surface area (Å²) in [7, 11) is 6.62. The van der Waals surface area contributed by atoms with Gasteiger partial charge in [-0.25, -0.2) is 4.98 Å². The van der Waals surface area contributed by atoms with E-state index in [2.05, 4.69) is 54.4 Å². The van der Waals surface area contributed by atoms with E-state index < -0.39 is 8.56 Å². The molecule has 0 spiro atoms. The van der Waals surface area contributed by atoms with Crippen molar-refractivity contribution in [3.8, 4) is 0 Å². The molecule has 0 bridgehead atoms. The number of thiazole rings is 1. The van der Waals surface area contributed by atoms with Gasteiger partial charge < -0.3 is 8.85 Å². The first-order valence-electron chi connectivity index (χ1n) is 8.64. The summed E-state index contributed by atoms with van der Waals surface area (Å²) in [5.41, 5.74) is 1.09. The van der Waals surface area contributed by atoms with E-state index >= 15 is 0 Å². The van der Waals surface area contributed by atoms with Gasteiger partial charge in [-0.1, -0.05) is 60.2 Å². The Balaban J connectivity index is 1.50. The van der Waals surface area contributed by atoms with Crippen molar-refractivity contribution in [2.75, 3.05) is 20.0 Å². The van der Waals surface area contributed by atoms with Crippen LogP contribution >= 0.6 is 42.8 Å². The molecular formula is C19H23NO2S4Si. The Kier molecular flexibility index (Phi) is 8.13. The van der Waals surface area contributed by atoms with Gasteiger partial charge in [0.05, 0.1) is 10.2 Å². The van der Waals surface area contributed by atoms with Gasteiger partial charge in [0.25, 0.3) is 0 Å². The van der Waals surface area contributed by atoms with Gasteiger partial charge in [0, 0.05) is 20.0 Å². The number of nitrogens with zero attached hydrogens (tertiary/aromatic N) is 1. The highest BCUT2D eigenvalue weighted by atomic mass is 33.5. The lowest BCUT2D eigenvalue weighted by Crippen LogP contribution is -2.53. The predicted octanol–water partition coefficient (Wildman–Crippen LogP) is 5.96. The van der Waals surface area contributed by atoms with Crippen LogP contribution in [0.25, 0.3) is 10.2 Å². The molecule has 0 aliphatic carbocycles. The summed E-state index contributed by atoms with van der Waals surface area (Å²) in [6.07, 6.45) is 0. The third kappa shape index (κ3) is 5.53. The summed E-state index contributed by atoms with van der Waals surface area (Å²) in [6.45, 7) is 2.28. The van der Waals surface area contributed by atoms with Gasteiger partial charge in [0.15, 0.2) is 4.34 Å². The zero-order valence-corrected chi connectivity index (χ0v) is 19.9. The first-order chi connectivity index (χ1) is 13.2. The summed E-state index contributed by atoms with van der Waals surface area (Å²) in [6, 6.07) is 19.6. The van der Waals surface area contributed by atoms with Crippen LogP contribution in [-0.4, -0.2) is 33.5 Å². The molecule has 0 aliphatic heterocycles. The molecule has 1 aromatic heterocycles. The number of hydrogen-bond donors (Lipinski definition) is 0. The highest BCUT2D eigenvalue weighted by Crippen LogP contribution is 2.44. The van der Waals surface area contributed by atoms with Crippen molar-refractivity contribution in [2.24, 2.45) is 5.92 Å². The molecule has 1 heterocycles. The topological polar surface area (TPSA) is 31.4 Å². The Bertz CT molecular complexity index is 809. The highest BCUT2D eigenvalue weighted by Gasteiger charge is 2.39. The number of para-hydroxylation sites is 1. The molecule has 27 heavy (non-hydrogen) atoms. The molecule has 0 fully saturated rings. The molecule has 8 heteroatoms. The zero-order chi connectivity index (χ0) is 19.1. The van der Waals surface area contributed by atoms with Crippen molar-refractivity contribution < 1.29 is 8.85 Å². The third-order valence-electron chi connectivity index (χ3n) is 4.27. The van der Waals surface area contributed by atoms with Crippen molar-refractivity contribution in [3.63, 3.8) is 0 Å². The van der Waals surface area contributed by atoms with Crippen molar-refractivity contribution in [3.05, 3.63) is 54.6 Å². The van der Waals surface area contributed by atoms with Crippen molar-refractivity contribution in [1.29, 1.82) is 0 Å². The van der Waals surface area contributed by atoms with Crippen molar-refractivity contribution >= 4 is 66.7 Å². The predicted molar refractivity (Wildman–Crippen MR) is 125 cm³/mol. The molecule has 1 atom stereocenters. The molecule has 0 saturated heterocycles. The molecule has 0 saturated carbocycles. The molecule has 3 nitrogen and oxygen atoms in total. The fraction of sp³-hybridized carbons (Fsp3) is 0.316. The van der Waals surface area contributed by atoms with E-state index in [0.29, 0.717) is 5.92 Å². The first kappa shape index (κ1) is 21.2. The zero-order valence-electron chi connectivity index (χ0n) is 15.6. The van der Waals surface area contributed by atoms with Gasteiger partial charge >= 0.3 is 8.56 Å². The Morgan fingerprint density at radius 2 is 1.74 bits per heavy atom. The minimum absolute atomic E-state index is 0.505. The smallest absolute Gasteiger partial charge is 0.372 e. The summed E-state index contributed by atoms with van der Waals surface area (Å²) in [5, 5.41) is 1.20. The summed E-state index contributed by atoms with van der Waals surface area (Å²) >= 11 is 1.76. The van der Waals surface area contributed by atoms with Crippen LogP contribution in [-0.2, 0) is 8.85 Å². The van der Waals surface area contributed by atoms with E-state index in [1.807, 2.05) is 22.9 Å². The minimum atomic E-state index is -2.37. The molecule has 3 aromatic rings. The molecule has 0 amide bonds. The van der Waals surface area contributed by atoms with Gasteiger partial charge in [0.2, 0.25) is 0 Å². The van der Waals surface area contributed by atoms with E-state index in [0.717, 1.165) is 21.7 Å². The number of fused-ring (bicyclic) bond motifs is 1. The summed E-state index contributed by atoms with van der Waals surface area (Å²) in [4.78, 5) is 4.67. The molecular weight excluding hydrogens is 431 g/mol. The second-order valence-electron chi connectivity index (χ2n) is 6.22. The lowest BCUT2D eigenvalue weighted by atomic mass is 10.3. The van der Waals surface area contributed by atoms with Gasteiger partial charge in [-0.15, -0.1) is 11.3 Å². The maximum absolute atomic E-state index is 5.94. The Morgan fingerprint density at radius 3 is 2.44 bits per heavy atom. The first-order valence-corrected chi connectivity index (χ1v) is 15.1. The standard InChI is InChI=1S/C19H23NO2S4Si/c1-15(14-27(21-2,22-3)16-9-5-4-6-10-16)13-23-26-25-19-20-17-11-7-8-12-18(17)24-19/h4-12,15H,13-14H2,1-3H3. The normalized spacial score (nSPS) is 13.1. The highest BCUT2D eigenvalue weighted by molar-refractivity contribution is 9.09. The fourth-order valence-electron chi connectivity index (χ4n) is 2.90. The Morgan fingerprint density at radius 1 is 1.04 bits per heavy atom. The van der Waals surface area contributed by atoms with Crippen LogP contribution in [0, 0.1) is 5.92 Å². The summed E-state index contributed by atoms with van der Waals surface area (Å²) < 4.78 is 14.2. The van der Waals surface area contributed by atoms with Gasteiger partial charge in [-0.3, -0.25) is 0 Å². The number of hydrogen-bond acceptors (Lipinski definition) is 7. The molecule has 3 rings (SSSR count). The third-order valence-corrected chi connectivity index (χ3v) is 13.6. The monoisotopic (exact) mass is 453 g/mol. The van der Waals surface area contributed by atoms with Gasteiger partial charge in [0.1, 0.15) is 0 Å². The van der Waals surface area contributed by atoms with E-state index in [9.17, 15) is 0 Å². The van der Waals surface area contributed by atoms with Crippen LogP contribution in [0.4, 0.5) is 0 Å². The molecule has 144 valence electrons.